The van der Waals surface area contributed by atoms with E-state index in [1.54, 1.807) is 28.4 Å². The summed E-state index contributed by atoms with van der Waals surface area (Å²) < 4.78 is 1.68. The van der Waals surface area contributed by atoms with E-state index in [1.807, 2.05) is 18.2 Å². The lowest BCUT2D eigenvalue weighted by Crippen LogP contribution is -2.34. The molecule has 1 aliphatic rings. The van der Waals surface area contributed by atoms with Gasteiger partial charge in [0, 0.05) is 23.7 Å². The van der Waals surface area contributed by atoms with Crippen LogP contribution in [0.3, 0.4) is 0 Å². The monoisotopic (exact) mass is 416 g/mol. The molecule has 6 heteroatoms. The molecule has 1 N–H and O–H groups in total. The van der Waals surface area contributed by atoms with Gasteiger partial charge in [-0.15, -0.1) is 11.3 Å². The second kappa shape index (κ2) is 8.13. The summed E-state index contributed by atoms with van der Waals surface area (Å²) in [6.07, 6.45) is 6.34. The van der Waals surface area contributed by atoms with Crippen molar-refractivity contribution in [3.63, 3.8) is 0 Å². The SMILES string of the molecule is Cc1ccccc1CNC1CCc2c(sc3ncn(Cc4ccccn4)c(=O)c23)C1. The van der Waals surface area contributed by atoms with E-state index in [4.69, 9.17) is 0 Å². The van der Waals surface area contributed by atoms with Crippen LogP contribution in [0.25, 0.3) is 10.2 Å². The van der Waals surface area contributed by atoms with E-state index >= 15 is 0 Å². The number of benzene rings is 1. The summed E-state index contributed by atoms with van der Waals surface area (Å²) >= 11 is 1.68. The standard InChI is InChI=1S/C24H24N4OS/c1-16-6-2-3-7-17(16)13-26-18-9-10-20-21(12-18)30-23-22(20)24(29)28(15-27-23)14-19-8-4-5-11-25-19/h2-8,11,15,18,26H,9-10,12-14H2,1H3. The minimum absolute atomic E-state index is 0.0504. The normalized spacial score (nSPS) is 16.0. The van der Waals surface area contributed by atoms with Crippen LogP contribution in [0.4, 0.5) is 0 Å². The second-order valence-corrected chi connectivity index (χ2v) is 9.01. The van der Waals surface area contributed by atoms with Gasteiger partial charge in [0.15, 0.2) is 0 Å². The van der Waals surface area contributed by atoms with Gasteiger partial charge in [-0.05, 0) is 55.0 Å². The van der Waals surface area contributed by atoms with Gasteiger partial charge in [0.05, 0.1) is 24.0 Å². The lowest BCUT2D eigenvalue weighted by atomic mass is 9.93. The van der Waals surface area contributed by atoms with Crippen molar-refractivity contribution >= 4 is 21.6 Å². The third kappa shape index (κ3) is 3.68. The fourth-order valence-corrected chi connectivity index (χ4v) is 5.47. The van der Waals surface area contributed by atoms with Crippen molar-refractivity contribution in [1.82, 2.24) is 19.9 Å². The van der Waals surface area contributed by atoms with Crippen LogP contribution < -0.4 is 10.9 Å². The quantitative estimate of drug-likeness (QED) is 0.537. The number of rotatable bonds is 5. The molecule has 1 aromatic carbocycles. The number of thiophene rings is 1. The summed E-state index contributed by atoms with van der Waals surface area (Å²) in [5.41, 5.74) is 4.79. The number of hydrogen-bond acceptors (Lipinski definition) is 5. The van der Waals surface area contributed by atoms with Crippen LogP contribution in [-0.4, -0.2) is 20.6 Å². The molecule has 0 aliphatic heterocycles. The molecule has 0 fully saturated rings. The molecule has 5 rings (SSSR count). The van der Waals surface area contributed by atoms with Crippen molar-refractivity contribution in [2.24, 2.45) is 0 Å². The van der Waals surface area contributed by atoms with E-state index in [0.717, 1.165) is 41.7 Å². The van der Waals surface area contributed by atoms with Gasteiger partial charge >= 0.3 is 0 Å². The van der Waals surface area contributed by atoms with E-state index in [9.17, 15) is 4.79 Å². The zero-order valence-electron chi connectivity index (χ0n) is 17.0. The van der Waals surface area contributed by atoms with Gasteiger partial charge in [-0.1, -0.05) is 30.3 Å². The fourth-order valence-electron chi connectivity index (χ4n) is 4.22. The van der Waals surface area contributed by atoms with E-state index in [0.29, 0.717) is 12.6 Å². The molecule has 1 unspecified atom stereocenters. The number of nitrogens with one attached hydrogen (secondary N) is 1. The molecule has 1 aliphatic carbocycles. The van der Waals surface area contributed by atoms with Crippen LogP contribution >= 0.6 is 11.3 Å². The molecule has 0 radical (unpaired) electrons. The number of hydrogen-bond donors (Lipinski definition) is 1. The summed E-state index contributed by atoms with van der Waals surface area (Å²) in [6.45, 7) is 3.49. The van der Waals surface area contributed by atoms with Crippen LogP contribution in [0, 0.1) is 6.92 Å². The van der Waals surface area contributed by atoms with Crippen molar-refractivity contribution in [1.29, 1.82) is 0 Å². The summed E-state index contributed by atoms with van der Waals surface area (Å²) in [5, 5.41) is 4.53. The zero-order chi connectivity index (χ0) is 20.5. The summed E-state index contributed by atoms with van der Waals surface area (Å²) in [7, 11) is 0. The Kier molecular flexibility index (Phi) is 5.19. The smallest absolute Gasteiger partial charge is 0.262 e. The first-order valence-corrected chi connectivity index (χ1v) is 11.2. The highest BCUT2D eigenvalue weighted by atomic mass is 32.1. The number of fused-ring (bicyclic) bond motifs is 3. The minimum atomic E-state index is 0.0504. The maximum absolute atomic E-state index is 13.2. The third-order valence-electron chi connectivity index (χ3n) is 5.94. The van der Waals surface area contributed by atoms with Crippen molar-refractivity contribution in [3.05, 3.63) is 92.6 Å². The predicted octanol–water partition coefficient (Wildman–Crippen LogP) is 3.86. The molecule has 0 amide bonds. The number of aryl methyl sites for hydroxylation is 2. The van der Waals surface area contributed by atoms with E-state index in [1.165, 1.54) is 21.6 Å². The Morgan fingerprint density at radius 3 is 2.87 bits per heavy atom. The Morgan fingerprint density at radius 1 is 1.17 bits per heavy atom. The first-order chi connectivity index (χ1) is 14.7. The Bertz CT molecular complexity index is 1250. The van der Waals surface area contributed by atoms with Gasteiger partial charge < -0.3 is 5.32 Å². The van der Waals surface area contributed by atoms with Gasteiger partial charge in [0.2, 0.25) is 0 Å². The summed E-state index contributed by atoms with van der Waals surface area (Å²) in [4.78, 5) is 24.3. The van der Waals surface area contributed by atoms with E-state index < -0.39 is 0 Å². The van der Waals surface area contributed by atoms with Gasteiger partial charge in [-0.25, -0.2) is 4.98 Å². The predicted molar refractivity (Wildman–Crippen MR) is 121 cm³/mol. The van der Waals surface area contributed by atoms with Crippen LogP contribution in [0.1, 0.15) is 33.7 Å². The largest absolute Gasteiger partial charge is 0.310 e. The second-order valence-electron chi connectivity index (χ2n) is 7.93. The van der Waals surface area contributed by atoms with Gasteiger partial charge in [-0.3, -0.25) is 14.3 Å². The molecule has 3 heterocycles. The average molecular weight is 417 g/mol. The lowest BCUT2D eigenvalue weighted by molar-refractivity contribution is 0.462. The molecule has 5 nitrogen and oxygen atoms in total. The molecule has 0 bridgehead atoms. The summed E-state index contributed by atoms with van der Waals surface area (Å²) in [5.74, 6) is 0. The zero-order valence-corrected chi connectivity index (χ0v) is 17.8. The molecular weight excluding hydrogens is 392 g/mol. The van der Waals surface area contributed by atoms with Crippen molar-refractivity contribution in [3.8, 4) is 0 Å². The molecule has 0 spiro atoms. The molecule has 1 atom stereocenters. The van der Waals surface area contributed by atoms with Crippen LogP contribution in [0.15, 0.2) is 59.8 Å². The maximum atomic E-state index is 13.2. The first-order valence-electron chi connectivity index (χ1n) is 10.4. The molecule has 0 saturated carbocycles. The highest BCUT2D eigenvalue weighted by Gasteiger charge is 2.25. The first kappa shape index (κ1) is 19.2. The molecule has 4 aromatic rings. The lowest BCUT2D eigenvalue weighted by Gasteiger charge is -2.23. The third-order valence-corrected chi connectivity index (χ3v) is 7.10. The topological polar surface area (TPSA) is 59.8 Å². The highest BCUT2D eigenvalue weighted by Crippen LogP contribution is 2.33. The summed E-state index contributed by atoms with van der Waals surface area (Å²) in [6, 6.07) is 14.7. The van der Waals surface area contributed by atoms with Crippen LogP contribution in [0.5, 0.6) is 0 Å². The highest BCUT2D eigenvalue weighted by molar-refractivity contribution is 7.18. The van der Waals surface area contributed by atoms with Gasteiger partial charge in [0.1, 0.15) is 4.83 Å². The Labute approximate surface area is 179 Å². The van der Waals surface area contributed by atoms with E-state index in [-0.39, 0.29) is 5.56 Å². The molecule has 30 heavy (non-hydrogen) atoms. The number of nitrogens with zero attached hydrogens (tertiary/aromatic N) is 3. The Balaban J connectivity index is 1.37. The number of pyridine rings is 1. The van der Waals surface area contributed by atoms with Crippen LogP contribution in [-0.2, 0) is 25.9 Å². The molecule has 0 saturated heterocycles. The van der Waals surface area contributed by atoms with E-state index in [2.05, 4.69) is 46.5 Å². The molecular formula is C24H24N4OS. The minimum Gasteiger partial charge on any atom is -0.310 e. The number of aromatic nitrogens is 3. The Morgan fingerprint density at radius 2 is 2.03 bits per heavy atom. The van der Waals surface area contributed by atoms with Gasteiger partial charge in [-0.2, -0.15) is 0 Å². The molecule has 152 valence electrons. The Hall–Kier alpha value is -2.83. The maximum Gasteiger partial charge on any atom is 0.262 e. The fraction of sp³-hybridized carbons (Fsp3) is 0.292. The van der Waals surface area contributed by atoms with Crippen molar-refractivity contribution in [2.45, 2.75) is 45.3 Å². The average Bonchev–Trinajstić information content (AvgIpc) is 3.14. The van der Waals surface area contributed by atoms with Crippen molar-refractivity contribution < 1.29 is 0 Å². The van der Waals surface area contributed by atoms with Crippen LogP contribution in [0.2, 0.25) is 0 Å². The van der Waals surface area contributed by atoms with Gasteiger partial charge in [0.25, 0.3) is 5.56 Å². The van der Waals surface area contributed by atoms with Crippen molar-refractivity contribution in [2.75, 3.05) is 0 Å². The molecule has 3 aromatic heterocycles.